The molecular weight excluding hydrogens is 428 g/mol. The molecule has 31 heavy (non-hydrogen) atoms. The zero-order valence-electron chi connectivity index (χ0n) is 17.6. The molecule has 2 aliphatic rings. The molecular formula is C24H24N2O3S2. The first kappa shape index (κ1) is 20.3. The Hall–Kier alpha value is -2.64. The Balaban J connectivity index is 1.37. The van der Waals surface area contributed by atoms with Crippen molar-refractivity contribution in [1.29, 1.82) is 0 Å². The van der Waals surface area contributed by atoms with E-state index in [0.717, 1.165) is 23.5 Å². The van der Waals surface area contributed by atoms with Gasteiger partial charge in [0, 0.05) is 42.3 Å². The molecule has 1 aromatic heterocycles. The van der Waals surface area contributed by atoms with Gasteiger partial charge in [0.2, 0.25) is 0 Å². The predicted octanol–water partition coefficient (Wildman–Crippen LogP) is 4.28. The van der Waals surface area contributed by atoms with Gasteiger partial charge in [-0.25, -0.2) is 8.42 Å². The van der Waals surface area contributed by atoms with Crippen LogP contribution in [-0.4, -0.2) is 45.4 Å². The van der Waals surface area contributed by atoms with Crippen molar-refractivity contribution >= 4 is 32.8 Å². The average molecular weight is 453 g/mol. The highest BCUT2D eigenvalue weighted by atomic mass is 32.2. The summed E-state index contributed by atoms with van der Waals surface area (Å²) in [6.45, 7) is 7.15. The molecule has 2 aromatic carbocycles. The summed E-state index contributed by atoms with van der Waals surface area (Å²) >= 11 is 1.41. The number of benzene rings is 2. The van der Waals surface area contributed by atoms with E-state index in [1.807, 2.05) is 17.0 Å². The summed E-state index contributed by atoms with van der Waals surface area (Å²) in [6.07, 6.45) is 0. The van der Waals surface area contributed by atoms with Crippen molar-refractivity contribution in [3.63, 3.8) is 0 Å². The lowest BCUT2D eigenvalue weighted by Gasteiger charge is -2.37. The number of anilines is 1. The number of rotatable bonds is 2. The van der Waals surface area contributed by atoms with Crippen LogP contribution in [0.4, 0.5) is 5.69 Å². The molecule has 0 saturated carbocycles. The number of thiophene rings is 1. The predicted molar refractivity (Wildman–Crippen MR) is 125 cm³/mol. The SMILES string of the molecule is Cc1cccc(C)c1N1CCN(C(=O)c2cc3c(s2)-c2ccccc2S(=O)(=O)C3)CC1. The third kappa shape index (κ3) is 3.46. The maximum atomic E-state index is 13.2. The summed E-state index contributed by atoms with van der Waals surface area (Å²) in [6, 6.07) is 15.2. The molecule has 1 amide bonds. The number of carbonyl (C=O) groups is 1. The third-order valence-corrected chi connectivity index (χ3v) is 9.07. The van der Waals surface area contributed by atoms with Crippen LogP contribution < -0.4 is 4.90 Å². The normalized spacial score (nSPS) is 17.2. The first-order valence-corrected chi connectivity index (χ1v) is 12.9. The van der Waals surface area contributed by atoms with E-state index in [1.54, 1.807) is 18.2 Å². The number of fused-ring (bicyclic) bond motifs is 3. The van der Waals surface area contributed by atoms with Crippen molar-refractivity contribution in [2.24, 2.45) is 0 Å². The number of aryl methyl sites for hydroxylation is 2. The first-order chi connectivity index (χ1) is 14.8. The Morgan fingerprint density at radius 2 is 1.61 bits per heavy atom. The number of para-hydroxylation sites is 1. The van der Waals surface area contributed by atoms with Crippen molar-refractivity contribution in [2.45, 2.75) is 24.5 Å². The summed E-state index contributed by atoms with van der Waals surface area (Å²) in [4.78, 5) is 19.4. The summed E-state index contributed by atoms with van der Waals surface area (Å²) in [5.41, 5.74) is 5.23. The van der Waals surface area contributed by atoms with Crippen LogP contribution in [0.25, 0.3) is 10.4 Å². The van der Waals surface area contributed by atoms with Gasteiger partial charge in [0.25, 0.3) is 5.91 Å². The smallest absolute Gasteiger partial charge is 0.264 e. The molecule has 1 saturated heterocycles. The maximum Gasteiger partial charge on any atom is 0.264 e. The summed E-state index contributed by atoms with van der Waals surface area (Å²) in [7, 11) is -3.36. The van der Waals surface area contributed by atoms with Gasteiger partial charge in [0.15, 0.2) is 9.84 Å². The van der Waals surface area contributed by atoms with Gasteiger partial charge in [-0.2, -0.15) is 0 Å². The largest absolute Gasteiger partial charge is 0.368 e. The van der Waals surface area contributed by atoms with Crippen LogP contribution in [0.1, 0.15) is 26.4 Å². The topological polar surface area (TPSA) is 57.7 Å². The Kier molecular flexibility index (Phi) is 4.90. The van der Waals surface area contributed by atoms with E-state index in [1.165, 1.54) is 28.2 Å². The van der Waals surface area contributed by atoms with E-state index >= 15 is 0 Å². The zero-order chi connectivity index (χ0) is 21.8. The Morgan fingerprint density at radius 1 is 0.935 bits per heavy atom. The van der Waals surface area contributed by atoms with Crippen LogP contribution in [0.3, 0.4) is 0 Å². The van der Waals surface area contributed by atoms with Gasteiger partial charge in [-0.3, -0.25) is 4.79 Å². The fourth-order valence-electron chi connectivity index (χ4n) is 4.67. The highest BCUT2D eigenvalue weighted by Crippen LogP contribution is 2.43. The number of sulfone groups is 1. The molecule has 1 fully saturated rings. The standard InChI is InChI=1S/C24H24N2O3S2/c1-16-6-5-7-17(2)22(16)25-10-12-26(13-11-25)24(27)20-14-18-15-31(28,29)21-9-4-3-8-19(21)23(18)30-20/h3-9,14H,10-13,15H2,1-2H3. The molecule has 0 spiro atoms. The maximum absolute atomic E-state index is 13.2. The summed E-state index contributed by atoms with van der Waals surface area (Å²) in [5, 5.41) is 0. The second kappa shape index (κ2) is 7.50. The van der Waals surface area contributed by atoms with Crippen LogP contribution in [0.15, 0.2) is 53.4 Å². The highest BCUT2D eigenvalue weighted by Gasteiger charge is 2.32. The van der Waals surface area contributed by atoms with Crippen LogP contribution in [0.5, 0.6) is 0 Å². The highest BCUT2D eigenvalue weighted by molar-refractivity contribution is 7.91. The minimum Gasteiger partial charge on any atom is -0.368 e. The van der Waals surface area contributed by atoms with E-state index in [-0.39, 0.29) is 11.7 Å². The van der Waals surface area contributed by atoms with Gasteiger partial charge >= 0.3 is 0 Å². The lowest BCUT2D eigenvalue weighted by Crippen LogP contribution is -2.49. The molecule has 0 N–H and O–H groups in total. The minimum atomic E-state index is -3.36. The third-order valence-electron chi connectivity index (χ3n) is 6.15. The van der Waals surface area contributed by atoms with Gasteiger partial charge in [-0.1, -0.05) is 36.4 Å². The number of hydrogen-bond acceptors (Lipinski definition) is 5. The molecule has 3 aromatic rings. The molecule has 0 bridgehead atoms. The molecule has 5 nitrogen and oxygen atoms in total. The fraction of sp³-hybridized carbons (Fsp3) is 0.292. The molecule has 3 heterocycles. The van der Waals surface area contributed by atoms with E-state index in [0.29, 0.717) is 28.4 Å². The summed E-state index contributed by atoms with van der Waals surface area (Å²) in [5.74, 6) is -0.0425. The molecule has 7 heteroatoms. The Morgan fingerprint density at radius 3 is 2.32 bits per heavy atom. The first-order valence-electron chi connectivity index (χ1n) is 10.4. The van der Waals surface area contributed by atoms with Gasteiger partial charge in [0.1, 0.15) is 0 Å². The molecule has 0 radical (unpaired) electrons. The fourth-order valence-corrected chi connectivity index (χ4v) is 7.60. The molecule has 160 valence electrons. The average Bonchev–Trinajstić information content (AvgIpc) is 3.17. The number of piperazine rings is 1. The zero-order valence-corrected chi connectivity index (χ0v) is 19.2. The van der Waals surface area contributed by atoms with Crippen LogP contribution in [0, 0.1) is 13.8 Å². The lowest BCUT2D eigenvalue weighted by molar-refractivity contribution is 0.0751. The number of amides is 1. The van der Waals surface area contributed by atoms with Crippen LogP contribution >= 0.6 is 11.3 Å². The van der Waals surface area contributed by atoms with E-state index < -0.39 is 9.84 Å². The summed E-state index contributed by atoms with van der Waals surface area (Å²) < 4.78 is 25.3. The number of carbonyl (C=O) groups excluding carboxylic acids is 1. The van der Waals surface area contributed by atoms with Gasteiger partial charge in [-0.05, 0) is 42.7 Å². The van der Waals surface area contributed by atoms with Crippen LogP contribution in [-0.2, 0) is 15.6 Å². The quantitative estimate of drug-likeness (QED) is 0.582. The lowest BCUT2D eigenvalue weighted by atomic mass is 10.1. The van der Waals surface area contributed by atoms with Crippen molar-refractivity contribution in [3.8, 4) is 10.4 Å². The minimum absolute atomic E-state index is 0.00423. The van der Waals surface area contributed by atoms with Gasteiger partial charge in [0.05, 0.1) is 15.5 Å². The van der Waals surface area contributed by atoms with Gasteiger partial charge < -0.3 is 9.80 Å². The molecule has 0 atom stereocenters. The van der Waals surface area contributed by atoms with Crippen molar-refractivity contribution in [2.75, 3.05) is 31.1 Å². The molecule has 5 rings (SSSR count). The van der Waals surface area contributed by atoms with E-state index in [9.17, 15) is 13.2 Å². The molecule has 0 unspecified atom stereocenters. The van der Waals surface area contributed by atoms with Crippen molar-refractivity contribution in [3.05, 3.63) is 70.1 Å². The van der Waals surface area contributed by atoms with Crippen LogP contribution in [0.2, 0.25) is 0 Å². The van der Waals surface area contributed by atoms with Crippen molar-refractivity contribution in [1.82, 2.24) is 4.90 Å². The second-order valence-electron chi connectivity index (χ2n) is 8.24. The Labute approximate surface area is 186 Å². The Bertz CT molecular complexity index is 1270. The molecule has 0 aliphatic carbocycles. The number of hydrogen-bond donors (Lipinski definition) is 0. The molecule has 2 aliphatic heterocycles. The van der Waals surface area contributed by atoms with Gasteiger partial charge in [-0.15, -0.1) is 11.3 Å². The number of nitrogens with zero attached hydrogens (tertiary/aromatic N) is 2. The van der Waals surface area contributed by atoms with Crippen molar-refractivity contribution < 1.29 is 13.2 Å². The van der Waals surface area contributed by atoms with E-state index in [2.05, 4.69) is 36.9 Å². The monoisotopic (exact) mass is 452 g/mol. The van der Waals surface area contributed by atoms with E-state index in [4.69, 9.17) is 0 Å². The second-order valence-corrected chi connectivity index (χ2v) is 11.3.